The second kappa shape index (κ2) is 7.51. The average molecular weight is 385 g/mol. The summed E-state index contributed by atoms with van der Waals surface area (Å²) in [6.45, 7) is 1.67. The monoisotopic (exact) mass is 383 g/mol. The van der Waals surface area contributed by atoms with E-state index in [1.54, 1.807) is 44.4 Å². The molecule has 0 saturated carbocycles. The van der Waals surface area contributed by atoms with Gasteiger partial charge in [-0.15, -0.1) is 0 Å². The molecule has 2 aromatic rings. The molecule has 0 aliphatic rings. The quantitative estimate of drug-likeness (QED) is 0.824. The second-order valence-electron chi connectivity index (χ2n) is 4.52. The van der Waals surface area contributed by atoms with Gasteiger partial charge in [0.05, 0.1) is 17.3 Å². The Labute approximate surface area is 142 Å². The lowest BCUT2D eigenvalue weighted by atomic mass is 10.2. The van der Waals surface area contributed by atoms with Gasteiger partial charge in [0, 0.05) is 5.02 Å². The Bertz CT molecular complexity index is 678. The molecule has 0 fully saturated rings. The number of hydrogen-bond donors (Lipinski definition) is 1. The fourth-order valence-corrected chi connectivity index (χ4v) is 2.57. The summed E-state index contributed by atoms with van der Waals surface area (Å²) in [5, 5.41) is 3.37. The summed E-state index contributed by atoms with van der Waals surface area (Å²) >= 11 is 9.23. The van der Waals surface area contributed by atoms with Crippen LogP contribution in [0, 0.1) is 0 Å². The zero-order valence-corrected chi connectivity index (χ0v) is 14.4. The maximum absolute atomic E-state index is 12.2. The van der Waals surface area contributed by atoms with Crippen molar-refractivity contribution in [3.63, 3.8) is 0 Å². The lowest BCUT2D eigenvalue weighted by molar-refractivity contribution is -0.122. The van der Waals surface area contributed by atoms with Crippen LogP contribution < -0.4 is 14.8 Å². The van der Waals surface area contributed by atoms with Crippen molar-refractivity contribution < 1.29 is 14.3 Å². The predicted molar refractivity (Wildman–Crippen MR) is 90.9 cm³/mol. The number of halogens is 2. The second-order valence-corrected chi connectivity index (χ2v) is 5.82. The number of carbonyl (C=O) groups excluding carboxylic acids is 1. The van der Waals surface area contributed by atoms with Crippen molar-refractivity contribution in [3.05, 3.63) is 52.0 Å². The van der Waals surface area contributed by atoms with E-state index in [2.05, 4.69) is 21.2 Å². The Hall–Kier alpha value is -1.72. The van der Waals surface area contributed by atoms with Crippen molar-refractivity contribution in [2.75, 3.05) is 12.4 Å². The minimum absolute atomic E-state index is 0.272. The van der Waals surface area contributed by atoms with Crippen LogP contribution in [0.25, 0.3) is 0 Å². The SMILES string of the molecule is COc1ccccc1NC(=O)[C@@H](C)Oc1ccc(Cl)cc1Br. The van der Waals surface area contributed by atoms with Crippen LogP contribution in [0.2, 0.25) is 5.02 Å². The molecule has 1 amide bonds. The van der Waals surface area contributed by atoms with Crippen LogP contribution in [-0.4, -0.2) is 19.1 Å². The standard InChI is InChI=1S/C16H15BrClNO3/c1-10(22-14-8-7-11(18)9-12(14)17)16(20)19-13-5-3-4-6-15(13)21-2/h3-10H,1-2H3,(H,19,20)/t10-/m1/s1. The molecular formula is C16H15BrClNO3. The molecule has 0 unspecified atom stereocenters. The Morgan fingerprint density at radius 1 is 1.23 bits per heavy atom. The lowest BCUT2D eigenvalue weighted by Gasteiger charge is -2.17. The van der Waals surface area contributed by atoms with Gasteiger partial charge < -0.3 is 14.8 Å². The van der Waals surface area contributed by atoms with Gasteiger partial charge in [-0.3, -0.25) is 4.79 Å². The van der Waals surface area contributed by atoms with E-state index >= 15 is 0 Å². The van der Waals surface area contributed by atoms with Gasteiger partial charge in [0.2, 0.25) is 0 Å². The number of carbonyl (C=O) groups is 1. The van der Waals surface area contributed by atoms with Crippen LogP contribution in [0.3, 0.4) is 0 Å². The van der Waals surface area contributed by atoms with E-state index in [1.807, 2.05) is 12.1 Å². The number of anilines is 1. The van der Waals surface area contributed by atoms with E-state index in [0.717, 1.165) is 0 Å². The topological polar surface area (TPSA) is 47.6 Å². The molecule has 1 atom stereocenters. The maximum Gasteiger partial charge on any atom is 0.265 e. The molecule has 0 saturated heterocycles. The van der Waals surface area contributed by atoms with Crippen molar-refractivity contribution >= 4 is 39.1 Å². The van der Waals surface area contributed by atoms with Crippen molar-refractivity contribution in [2.45, 2.75) is 13.0 Å². The van der Waals surface area contributed by atoms with Crippen LogP contribution in [-0.2, 0) is 4.79 Å². The fraction of sp³-hybridized carbons (Fsp3) is 0.188. The first-order valence-electron chi connectivity index (χ1n) is 6.57. The third-order valence-electron chi connectivity index (χ3n) is 2.93. The largest absolute Gasteiger partial charge is 0.495 e. The highest BCUT2D eigenvalue weighted by atomic mass is 79.9. The molecule has 0 aromatic heterocycles. The Morgan fingerprint density at radius 2 is 1.95 bits per heavy atom. The molecule has 0 aliphatic heterocycles. The molecule has 1 N–H and O–H groups in total. The number of hydrogen-bond acceptors (Lipinski definition) is 3. The van der Waals surface area contributed by atoms with Crippen molar-refractivity contribution in [2.24, 2.45) is 0 Å². The summed E-state index contributed by atoms with van der Waals surface area (Å²) in [6, 6.07) is 12.3. The number of nitrogens with one attached hydrogen (secondary N) is 1. The number of methoxy groups -OCH3 is 1. The van der Waals surface area contributed by atoms with E-state index in [1.165, 1.54) is 0 Å². The number of para-hydroxylation sites is 2. The lowest BCUT2D eigenvalue weighted by Crippen LogP contribution is -2.30. The summed E-state index contributed by atoms with van der Waals surface area (Å²) in [6.07, 6.45) is -0.678. The Morgan fingerprint density at radius 3 is 2.64 bits per heavy atom. The third-order valence-corrected chi connectivity index (χ3v) is 3.79. The van der Waals surface area contributed by atoms with Crippen molar-refractivity contribution in [1.82, 2.24) is 0 Å². The van der Waals surface area contributed by atoms with E-state index in [-0.39, 0.29) is 5.91 Å². The van der Waals surface area contributed by atoms with Gasteiger partial charge in [-0.05, 0) is 53.2 Å². The molecule has 0 radical (unpaired) electrons. The van der Waals surface area contributed by atoms with Gasteiger partial charge in [0.25, 0.3) is 5.91 Å². The number of ether oxygens (including phenoxy) is 2. The zero-order valence-electron chi connectivity index (χ0n) is 12.1. The molecule has 4 nitrogen and oxygen atoms in total. The number of rotatable bonds is 5. The summed E-state index contributed by atoms with van der Waals surface area (Å²) in [5.74, 6) is 0.870. The Kier molecular flexibility index (Phi) is 5.69. The maximum atomic E-state index is 12.2. The van der Waals surface area contributed by atoms with Crippen LogP contribution >= 0.6 is 27.5 Å². The fourth-order valence-electron chi connectivity index (χ4n) is 1.80. The van der Waals surface area contributed by atoms with Gasteiger partial charge in [-0.2, -0.15) is 0 Å². The molecule has 2 aromatic carbocycles. The first-order valence-corrected chi connectivity index (χ1v) is 7.74. The van der Waals surface area contributed by atoms with Gasteiger partial charge in [-0.25, -0.2) is 0 Å². The first-order chi connectivity index (χ1) is 10.5. The highest BCUT2D eigenvalue weighted by Gasteiger charge is 2.17. The van der Waals surface area contributed by atoms with E-state index < -0.39 is 6.10 Å². The van der Waals surface area contributed by atoms with Crippen molar-refractivity contribution in [1.29, 1.82) is 0 Å². The highest BCUT2D eigenvalue weighted by Crippen LogP contribution is 2.29. The predicted octanol–water partition coefficient (Wildman–Crippen LogP) is 4.52. The number of benzene rings is 2. The van der Waals surface area contributed by atoms with Crippen LogP contribution in [0.5, 0.6) is 11.5 Å². The van der Waals surface area contributed by atoms with E-state index in [9.17, 15) is 4.79 Å². The third kappa shape index (κ3) is 4.15. The van der Waals surface area contributed by atoms with Gasteiger partial charge in [0.1, 0.15) is 11.5 Å². The smallest absolute Gasteiger partial charge is 0.265 e. The van der Waals surface area contributed by atoms with Gasteiger partial charge >= 0.3 is 0 Å². The van der Waals surface area contributed by atoms with Gasteiger partial charge in [-0.1, -0.05) is 23.7 Å². The van der Waals surface area contributed by atoms with Crippen LogP contribution in [0.1, 0.15) is 6.92 Å². The molecule has 116 valence electrons. The molecule has 0 heterocycles. The summed E-state index contributed by atoms with van der Waals surface area (Å²) < 4.78 is 11.5. The molecule has 2 rings (SSSR count). The summed E-state index contributed by atoms with van der Waals surface area (Å²) in [5.41, 5.74) is 0.598. The molecule has 0 bridgehead atoms. The first kappa shape index (κ1) is 16.6. The van der Waals surface area contributed by atoms with Crippen LogP contribution in [0.15, 0.2) is 46.9 Å². The zero-order chi connectivity index (χ0) is 16.1. The summed E-state index contributed by atoms with van der Waals surface area (Å²) in [4.78, 5) is 12.2. The average Bonchev–Trinajstić information content (AvgIpc) is 2.50. The Balaban J connectivity index is 2.06. The summed E-state index contributed by atoms with van der Waals surface area (Å²) in [7, 11) is 1.55. The molecule has 0 spiro atoms. The minimum atomic E-state index is -0.678. The highest BCUT2D eigenvalue weighted by molar-refractivity contribution is 9.10. The molecule has 22 heavy (non-hydrogen) atoms. The minimum Gasteiger partial charge on any atom is -0.495 e. The van der Waals surface area contributed by atoms with Gasteiger partial charge in [0.15, 0.2) is 6.10 Å². The normalized spacial score (nSPS) is 11.6. The molecule has 6 heteroatoms. The number of amides is 1. The molecule has 0 aliphatic carbocycles. The van der Waals surface area contributed by atoms with Crippen LogP contribution in [0.4, 0.5) is 5.69 Å². The molecular weight excluding hydrogens is 370 g/mol. The van der Waals surface area contributed by atoms with E-state index in [4.69, 9.17) is 21.1 Å². The van der Waals surface area contributed by atoms with Crippen molar-refractivity contribution in [3.8, 4) is 11.5 Å². The van der Waals surface area contributed by atoms with E-state index in [0.29, 0.717) is 26.7 Å².